The fourth-order valence-corrected chi connectivity index (χ4v) is 5.06. The highest BCUT2D eigenvalue weighted by Gasteiger charge is 2.33. The van der Waals surface area contributed by atoms with Crippen molar-refractivity contribution in [3.63, 3.8) is 0 Å². The first-order chi connectivity index (χ1) is 15.4. The second-order valence-electron chi connectivity index (χ2n) is 8.13. The normalized spacial score (nSPS) is 15.3. The van der Waals surface area contributed by atoms with Crippen LogP contribution in [0.5, 0.6) is 0 Å². The summed E-state index contributed by atoms with van der Waals surface area (Å²) in [6.07, 6.45) is 4.28. The molecule has 32 heavy (non-hydrogen) atoms. The van der Waals surface area contributed by atoms with E-state index in [-0.39, 0.29) is 17.2 Å². The van der Waals surface area contributed by atoms with Crippen molar-refractivity contribution in [2.75, 3.05) is 5.75 Å². The maximum atomic E-state index is 13.4. The quantitative estimate of drug-likeness (QED) is 0.431. The number of carbonyl (C=O) groups is 1. The molecule has 0 aliphatic heterocycles. The van der Waals surface area contributed by atoms with E-state index in [2.05, 4.69) is 16.4 Å². The molecule has 4 rings (SSSR count). The van der Waals surface area contributed by atoms with Crippen molar-refractivity contribution >= 4 is 40.2 Å². The lowest BCUT2D eigenvalue weighted by Crippen LogP contribution is -2.49. The standard InChI is InChI=1S/C24H23ClN4O2S/c1-16-6-5-7-18(12-16)29-22(31)19-9-8-17(25)13-20(19)27-23(29)32-14-21(30)28-24(15-26)10-3-2-4-11-24/h5-9,12-13H,2-4,10-11,14H2,1H3,(H,28,30). The summed E-state index contributed by atoms with van der Waals surface area (Å²) in [5.74, 6) is -0.192. The van der Waals surface area contributed by atoms with Gasteiger partial charge in [-0.2, -0.15) is 5.26 Å². The summed E-state index contributed by atoms with van der Waals surface area (Å²) in [5, 5.41) is 13.9. The van der Waals surface area contributed by atoms with Gasteiger partial charge >= 0.3 is 0 Å². The number of nitrogens with zero attached hydrogens (tertiary/aromatic N) is 3. The Hall–Kier alpha value is -2.82. The number of amides is 1. The van der Waals surface area contributed by atoms with E-state index in [1.807, 2.05) is 31.2 Å². The van der Waals surface area contributed by atoms with Crippen LogP contribution in [0.4, 0.5) is 0 Å². The van der Waals surface area contributed by atoms with Crippen LogP contribution in [-0.4, -0.2) is 26.8 Å². The van der Waals surface area contributed by atoms with Crippen LogP contribution < -0.4 is 10.9 Å². The molecule has 0 bridgehead atoms. The van der Waals surface area contributed by atoms with Gasteiger partial charge in [-0.15, -0.1) is 0 Å². The number of nitrogens with one attached hydrogen (secondary N) is 1. The highest BCUT2D eigenvalue weighted by atomic mass is 35.5. The van der Waals surface area contributed by atoms with Gasteiger partial charge in [0.2, 0.25) is 5.91 Å². The van der Waals surface area contributed by atoms with E-state index in [1.54, 1.807) is 18.2 Å². The number of rotatable bonds is 5. The average molecular weight is 467 g/mol. The molecule has 164 valence electrons. The summed E-state index contributed by atoms with van der Waals surface area (Å²) in [6, 6.07) is 14.9. The zero-order chi connectivity index (χ0) is 22.7. The first-order valence-corrected chi connectivity index (χ1v) is 11.9. The Morgan fingerprint density at radius 2 is 2.03 bits per heavy atom. The maximum absolute atomic E-state index is 13.4. The monoisotopic (exact) mass is 466 g/mol. The molecular weight excluding hydrogens is 444 g/mol. The minimum Gasteiger partial charge on any atom is -0.337 e. The molecule has 8 heteroatoms. The van der Waals surface area contributed by atoms with Gasteiger partial charge in [-0.3, -0.25) is 14.2 Å². The minimum atomic E-state index is -0.795. The Morgan fingerprint density at radius 1 is 1.25 bits per heavy atom. The Balaban J connectivity index is 1.68. The largest absolute Gasteiger partial charge is 0.337 e. The van der Waals surface area contributed by atoms with Crippen molar-refractivity contribution in [2.24, 2.45) is 0 Å². The predicted molar refractivity (Wildman–Crippen MR) is 127 cm³/mol. The number of aromatic nitrogens is 2. The lowest BCUT2D eigenvalue weighted by Gasteiger charge is -2.31. The minimum absolute atomic E-state index is 0.0494. The molecule has 1 aliphatic rings. The fourth-order valence-electron chi connectivity index (χ4n) is 4.08. The van der Waals surface area contributed by atoms with Gasteiger partial charge in [-0.05, 0) is 55.7 Å². The fraction of sp³-hybridized carbons (Fsp3) is 0.333. The van der Waals surface area contributed by atoms with Crippen LogP contribution in [0.2, 0.25) is 5.02 Å². The molecule has 3 aromatic rings. The Bertz CT molecular complexity index is 1280. The van der Waals surface area contributed by atoms with Gasteiger partial charge in [-0.1, -0.05) is 54.8 Å². The summed E-state index contributed by atoms with van der Waals surface area (Å²) in [5.41, 5.74) is 1.16. The van der Waals surface area contributed by atoms with E-state index in [0.717, 1.165) is 24.8 Å². The number of hydrogen-bond acceptors (Lipinski definition) is 5. The molecule has 0 atom stereocenters. The zero-order valence-electron chi connectivity index (χ0n) is 17.7. The number of fused-ring (bicyclic) bond motifs is 1. The molecule has 0 saturated heterocycles. The maximum Gasteiger partial charge on any atom is 0.266 e. The van der Waals surface area contributed by atoms with E-state index in [0.29, 0.717) is 39.6 Å². The van der Waals surface area contributed by atoms with Gasteiger partial charge in [-0.25, -0.2) is 4.98 Å². The number of benzene rings is 2. The molecule has 0 radical (unpaired) electrons. The van der Waals surface area contributed by atoms with E-state index in [4.69, 9.17) is 11.6 Å². The highest BCUT2D eigenvalue weighted by molar-refractivity contribution is 7.99. The first kappa shape index (κ1) is 22.4. The molecule has 1 aliphatic carbocycles. The van der Waals surface area contributed by atoms with Crippen LogP contribution >= 0.6 is 23.4 Å². The summed E-state index contributed by atoms with van der Waals surface area (Å²) >= 11 is 7.29. The van der Waals surface area contributed by atoms with E-state index >= 15 is 0 Å². The predicted octanol–water partition coefficient (Wildman–Crippen LogP) is 4.78. The molecule has 0 spiro atoms. The van der Waals surface area contributed by atoms with Crippen molar-refractivity contribution in [1.82, 2.24) is 14.9 Å². The van der Waals surface area contributed by atoms with Crippen LogP contribution in [0.25, 0.3) is 16.6 Å². The molecule has 1 amide bonds. The van der Waals surface area contributed by atoms with E-state index < -0.39 is 5.54 Å². The third-order valence-corrected chi connectivity index (χ3v) is 6.87. The molecule has 1 N–H and O–H groups in total. The van der Waals surface area contributed by atoms with Crippen LogP contribution in [-0.2, 0) is 4.79 Å². The summed E-state index contributed by atoms with van der Waals surface area (Å²) in [7, 11) is 0. The summed E-state index contributed by atoms with van der Waals surface area (Å²) in [4.78, 5) is 30.7. The molecule has 6 nitrogen and oxygen atoms in total. The van der Waals surface area contributed by atoms with Crippen molar-refractivity contribution in [2.45, 2.75) is 49.7 Å². The van der Waals surface area contributed by atoms with Crippen molar-refractivity contribution < 1.29 is 4.79 Å². The summed E-state index contributed by atoms with van der Waals surface area (Å²) < 4.78 is 1.53. The van der Waals surface area contributed by atoms with Gasteiger partial charge < -0.3 is 5.32 Å². The number of hydrogen-bond donors (Lipinski definition) is 1. The third kappa shape index (κ3) is 4.67. The van der Waals surface area contributed by atoms with Gasteiger partial charge in [0.25, 0.3) is 5.56 Å². The van der Waals surface area contributed by atoms with E-state index in [1.165, 1.54) is 16.3 Å². The van der Waals surface area contributed by atoms with Gasteiger partial charge in [0.15, 0.2) is 5.16 Å². The topological polar surface area (TPSA) is 87.8 Å². The number of aryl methyl sites for hydroxylation is 1. The van der Waals surface area contributed by atoms with E-state index in [9.17, 15) is 14.9 Å². The lowest BCUT2D eigenvalue weighted by atomic mass is 9.83. The second-order valence-corrected chi connectivity index (χ2v) is 9.51. The van der Waals surface area contributed by atoms with Crippen LogP contribution in [0.3, 0.4) is 0 Å². The Morgan fingerprint density at radius 3 is 2.75 bits per heavy atom. The van der Waals surface area contributed by atoms with Gasteiger partial charge in [0, 0.05) is 5.02 Å². The number of nitriles is 1. The zero-order valence-corrected chi connectivity index (χ0v) is 19.3. The Kier molecular flexibility index (Phi) is 6.54. The first-order valence-electron chi connectivity index (χ1n) is 10.6. The van der Waals surface area contributed by atoms with Crippen molar-refractivity contribution in [3.8, 4) is 11.8 Å². The molecule has 1 saturated carbocycles. The molecule has 1 heterocycles. The van der Waals surface area contributed by atoms with Crippen LogP contribution in [0.1, 0.15) is 37.7 Å². The molecule has 1 aromatic heterocycles. The number of halogens is 1. The van der Waals surface area contributed by atoms with Crippen LogP contribution in [0.15, 0.2) is 52.4 Å². The molecule has 0 unspecified atom stereocenters. The number of carbonyl (C=O) groups excluding carboxylic acids is 1. The smallest absolute Gasteiger partial charge is 0.266 e. The van der Waals surface area contributed by atoms with Crippen LogP contribution in [0, 0.1) is 18.3 Å². The molecule has 1 fully saturated rings. The summed E-state index contributed by atoms with van der Waals surface area (Å²) in [6.45, 7) is 1.95. The highest BCUT2D eigenvalue weighted by Crippen LogP contribution is 2.28. The van der Waals surface area contributed by atoms with Gasteiger partial charge in [0.1, 0.15) is 5.54 Å². The Labute approximate surface area is 195 Å². The molecular formula is C24H23ClN4O2S. The lowest BCUT2D eigenvalue weighted by molar-refractivity contribution is -0.120. The SMILES string of the molecule is Cc1cccc(-n2c(SCC(=O)NC3(C#N)CCCCC3)nc3cc(Cl)ccc3c2=O)c1. The van der Waals surface area contributed by atoms with Crippen molar-refractivity contribution in [1.29, 1.82) is 5.26 Å². The third-order valence-electron chi connectivity index (χ3n) is 5.69. The number of thioether (sulfide) groups is 1. The van der Waals surface area contributed by atoms with Crippen molar-refractivity contribution in [3.05, 3.63) is 63.4 Å². The average Bonchev–Trinajstić information content (AvgIpc) is 2.78. The second kappa shape index (κ2) is 9.35. The molecule has 2 aromatic carbocycles. The van der Waals surface area contributed by atoms with Gasteiger partial charge in [0.05, 0.1) is 28.4 Å².